The Morgan fingerprint density at radius 1 is 0.653 bits per heavy atom. The number of nitrogens with zero attached hydrogens (tertiary/aromatic N) is 3. The van der Waals surface area contributed by atoms with Crippen LogP contribution >= 0.6 is 11.8 Å². The van der Waals surface area contributed by atoms with Gasteiger partial charge < -0.3 is 101 Å². The van der Waals surface area contributed by atoms with E-state index in [9.17, 15) is 67.7 Å². The van der Waals surface area contributed by atoms with Gasteiger partial charge >= 0.3 is 6.09 Å². The predicted octanol–water partition coefficient (Wildman–Crippen LogP) is 1.57. The smallest absolute Gasteiger partial charge is 0.408 e. The number of para-hydroxylation sites is 1. The molecule has 35 heteroatoms. The highest BCUT2D eigenvalue weighted by atomic mass is 32.2. The summed E-state index contributed by atoms with van der Waals surface area (Å²) in [4.78, 5) is 177. The largest absolute Gasteiger partial charge is 0.440 e. The van der Waals surface area contributed by atoms with Crippen LogP contribution in [0.15, 0.2) is 125 Å². The Morgan fingerprint density at radius 3 is 1.86 bits per heavy atom. The van der Waals surface area contributed by atoms with Crippen LogP contribution in [0.3, 0.4) is 0 Å². The number of benzene rings is 4. The maximum Gasteiger partial charge on any atom is 0.440 e. The lowest BCUT2D eigenvalue weighted by atomic mass is 9.85. The van der Waals surface area contributed by atoms with Crippen LogP contribution in [0.2, 0.25) is 0 Å². The molecular formula is C83H114N18O16S. The van der Waals surface area contributed by atoms with E-state index in [0.29, 0.717) is 54.3 Å². The fraction of sp³-hybridized carbons (Fsp3) is 0.470. The number of aliphatic hydroxyl groups is 2. The van der Waals surface area contributed by atoms with Gasteiger partial charge in [-0.25, -0.2) is 4.79 Å². The first-order valence-corrected chi connectivity index (χ1v) is 40.3. The van der Waals surface area contributed by atoms with Crippen molar-refractivity contribution in [1.82, 2.24) is 73.2 Å². The molecule has 0 radical (unpaired) electrons. The fourth-order valence-electron chi connectivity index (χ4n) is 12.9. The van der Waals surface area contributed by atoms with Gasteiger partial charge in [0, 0.05) is 58.4 Å². The number of hydrogen-bond acceptors (Lipinski definition) is 23. The lowest BCUT2D eigenvalue weighted by Gasteiger charge is -2.29. The predicted molar refractivity (Wildman–Crippen MR) is 444 cm³/mol. The Labute approximate surface area is 690 Å². The molecule has 1 saturated heterocycles. The highest BCUT2D eigenvalue weighted by Gasteiger charge is 2.39. The van der Waals surface area contributed by atoms with E-state index < -0.39 is 162 Å². The van der Waals surface area contributed by atoms with E-state index in [1.807, 2.05) is 63.2 Å². The van der Waals surface area contributed by atoms with Crippen molar-refractivity contribution in [2.24, 2.45) is 40.7 Å². The monoisotopic (exact) mass is 1650 g/mol. The zero-order valence-electron chi connectivity index (χ0n) is 68.3. The normalized spacial score (nSPS) is 19.9. The van der Waals surface area contributed by atoms with Crippen LogP contribution in [0.25, 0.3) is 23.1 Å². The summed E-state index contributed by atoms with van der Waals surface area (Å²) in [5, 5.41) is 56.0. The lowest BCUT2D eigenvalue weighted by molar-refractivity contribution is -0.137. The van der Waals surface area contributed by atoms with Crippen molar-refractivity contribution in [2.75, 3.05) is 46.4 Å². The van der Waals surface area contributed by atoms with E-state index in [2.05, 4.69) is 63.5 Å². The van der Waals surface area contributed by atoms with Crippen LogP contribution in [-0.4, -0.2) is 209 Å². The Kier molecular flexibility index (Phi) is 36.4. The minimum absolute atomic E-state index is 0.0290. The minimum atomic E-state index is -1.72. The molecule has 1 aliphatic heterocycles. The second kappa shape index (κ2) is 45.6. The van der Waals surface area contributed by atoms with E-state index in [4.69, 9.17) is 37.5 Å². The third-order valence-corrected chi connectivity index (χ3v) is 20.7. The number of hydrogen-bond donors (Lipinski definition) is 17. The zero-order valence-corrected chi connectivity index (χ0v) is 69.1. The zero-order chi connectivity index (χ0) is 86.5. The van der Waals surface area contributed by atoms with Crippen LogP contribution in [-0.2, 0) is 71.1 Å². The molecule has 118 heavy (non-hydrogen) atoms. The molecule has 13 atom stereocenters. The Hall–Kier alpha value is -11.1. The summed E-state index contributed by atoms with van der Waals surface area (Å²) in [6.07, 6.45) is -0.321. The topological polar surface area (TPSA) is 531 Å². The molecule has 0 saturated carbocycles. The van der Waals surface area contributed by atoms with Crippen molar-refractivity contribution in [3.63, 3.8) is 0 Å². The van der Waals surface area contributed by atoms with Gasteiger partial charge in [-0.1, -0.05) is 127 Å². The van der Waals surface area contributed by atoms with Gasteiger partial charge in [0.05, 0.1) is 47.9 Å². The first-order valence-electron chi connectivity index (χ1n) is 39.4. The first kappa shape index (κ1) is 94.1. The van der Waals surface area contributed by atoms with Crippen LogP contribution < -0.4 is 86.2 Å². The van der Waals surface area contributed by atoms with Crippen molar-refractivity contribution >= 4 is 106 Å². The maximum absolute atomic E-state index is 14.8. The molecule has 4 aromatic carbocycles. The maximum atomic E-state index is 14.8. The molecule has 1 aliphatic rings. The van der Waals surface area contributed by atoms with E-state index in [-0.39, 0.29) is 95.5 Å². The van der Waals surface area contributed by atoms with Crippen LogP contribution in [0, 0.1) is 17.8 Å². The number of amides is 11. The van der Waals surface area contributed by atoms with Gasteiger partial charge in [-0.15, -0.1) is 0 Å². The average molecular weight is 1650 g/mol. The molecule has 2 unspecified atom stereocenters. The number of carbonyl (C=O) groups is 12. The summed E-state index contributed by atoms with van der Waals surface area (Å²) in [6, 6.07) is 18.2. The first-order chi connectivity index (χ1) is 56.2. The number of aliphatic hydroxyl groups excluding tert-OH is 2. The number of pyridine rings is 1. The molecule has 0 spiro atoms. The van der Waals surface area contributed by atoms with E-state index in [1.165, 1.54) is 30.3 Å². The van der Waals surface area contributed by atoms with Crippen molar-refractivity contribution in [1.29, 1.82) is 0 Å². The lowest BCUT2D eigenvalue weighted by Crippen LogP contribution is -2.61. The summed E-state index contributed by atoms with van der Waals surface area (Å²) in [6.45, 7) is 13.8. The summed E-state index contributed by atoms with van der Waals surface area (Å²) in [5.74, 6) is -11.0. The van der Waals surface area contributed by atoms with Crippen molar-refractivity contribution in [3.8, 4) is 5.75 Å². The van der Waals surface area contributed by atoms with Crippen LogP contribution in [0.4, 0.5) is 4.79 Å². The summed E-state index contributed by atoms with van der Waals surface area (Å²) in [5.41, 5.74) is 27.0. The van der Waals surface area contributed by atoms with Gasteiger partial charge in [0.2, 0.25) is 59.1 Å². The van der Waals surface area contributed by atoms with Gasteiger partial charge in [-0.2, -0.15) is 9.78 Å². The SMILES string of the molecule is CNC(=O)c1ccccc1Sc1ccc2c(/C=C/c3ccccn3)nn(C(=O)Oc3c(COCC(C)C(C)C(=O)N[C@H](C(=O)N[C@@H](CCN)C(=O)N[C@H]4CCNC(=O)[C@H]([C@@H](C)O)NC(=O)[C@H](CCN)NC(=O)[C@H](CCN)NC(=O)[C@H](CC(C)C)NC(=O)[C@@H](Cc5ccccc5)NC(=O)[C@H](CCN)NC4=O)[C@@H](C)O)cccc3C(C)(C)C)c2c1. The molecule has 2 aromatic heterocycles. The number of nitrogens with one attached hydrogen (secondary N) is 11. The van der Waals surface area contributed by atoms with Crippen molar-refractivity contribution in [2.45, 2.75) is 196 Å². The van der Waals surface area contributed by atoms with Crippen molar-refractivity contribution in [3.05, 3.63) is 149 Å². The fourth-order valence-corrected chi connectivity index (χ4v) is 13.8. The number of fused-ring (bicyclic) bond motifs is 1. The Morgan fingerprint density at radius 2 is 1.25 bits per heavy atom. The number of rotatable bonds is 31. The van der Waals surface area contributed by atoms with Gasteiger partial charge in [-0.3, -0.25) is 57.7 Å². The van der Waals surface area contributed by atoms with E-state index in [1.54, 1.807) is 120 Å². The number of aromatic nitrogens is 3. The van der Waals surface area contributed by atoms with E-state index >= 15 is 0 Å². The second-order valence-electron chi connectivity index (χ2n) is 30.5. The molecule has 6 aromatic rings. The molecule has 3 heterocycles. The standard InChI is InChI=1S/C83H114N18O16S/c1-46(2)41-64-78(111)93-59(30-35-84)73(106)92-62(33-38-87)77(110)99-68(49(5)102)80(113)90-40-34-63(76(109)91-60(31-36-85)75(108)97-65(79(112)96-64)42-51-19-12-11-13-20-51)94-74(107)61(32-37-86)95-81(114)69(50(6)103)98-71(104)48(4)47(3)44-116-45-52-21-18-24-57(83(7,8)9)70(52)117-82(115)101-66-43-54(118-67-25-15-14-23-56(67)72(105)88-10)27-28-55(66)58(100-101)29-26-53-22-16-17-39-89-53/h11-29,39,43,46-50,59-65,68-69,102-103H,30-38,40-42,44-45,84-87H2,1-10H3,(H,88,105)(H,90,113)(H,91,109)(H,92,106)(H,93,111)(H,94,107)(H,95,114)(H,96,112)(H,97,108)(H,98,104)(H,99,110)/b29-26+/t47?,48?,49-,50-,59+,60+,61+,62+,63+,64+,65-,68+,69+/m1/s1. The molecule has 11 amide bonds. The number of carbonyl (C=O) groups excluding carboxylic acids is 12. The third kappa shape index (κ3) is 27.3. The minimum Gasteiger partial charge on any atom is -0.408 e. The highest BCUT2D eigenvalue weighted by molar-refractivity contribution is 7.99. The van der Waals surface area contributed by atoms with Crippen LogP contribution in [0.5, 0.6) is 5.75 Å². The molecule has 638 valence electrons. The van der Waals surface area contributed by atoms with Crippen molar-refractivity contribution < 1.29 is 77.2 Å². The third-order valence-electron chi connectivity index (χ3n) is 19.6. The second-order valence-corrected chi connectivity index (χ2v) is 31.6. The van der Waals surface area contributed by atoms with E-state index in [0.717, 1.165) is 0 Å². The molecule has 0 bridgehead atoms. The molecular weight excluding hydrogens is 1540 g/mol. The molecule has 1 fully saturated rings. The summed E-state index contributed by atoms with van der Waals surface area (Å²) >= 11 is 1.33. The highest BCUT2D eigenvalue weighted by Crippen LogP contribution is 2.37. The van der Waals surface area contributed by atoms with Gasteiger partial charge in [-0.05, 0) is 156 Å². The number of ether oxygens (including phenoxy) is 2. The summed E-state index contributed by atoms with van der Waals surface area (Å²) < 4.78 is 13.9. The number of nitrogens with two attached hydrogens (primary N) is 4. The molecule has 7 rings (SSSR count). The quantitative estimate of drug-likeness (QED) is 0.0294. The summed E-state index contributed by atoms with van der Waals surface area (Å²) in [7, 11) is 1.55. The van der Waals surface area contributed by atoms with Gasteiger partial charge in [0.25, 0.3) is 5.91 Å². The molecule has 0 aliphatic carbocycles. The Bertz CT molecular complexity index is 4480. The van der Waals surface area contributed by atoms with Gasteiger partial charge in [0.1, 0.15) is 60.1 Å². The molecule has 21 N–H and O–H groups in total. The van der Waals surface area contributed by atoms with Gasteiger partial charge in [0.15, 0.2) is 0 Å². The molecule has 34 nitrogen and oxygen atoms in total. The average Bonchev–Trinajstić information content (AvgIpc) is 1.64. The Balaban J connectivity index is 1.10. The van der Waals surface area contributed by atoms with Crippen LogP contribution in [0.1, 0.15) is 139 Å².